The molecule has 4 rings (SSSR count). The molecule has 4 nitrogen and oxygen atoms in total. The van der Waals surface area contributed by atoms with E-state index >= 15 is 0 Å². The predicted molar refractivity (Wildman–Crippen MR) is 113 cm³/mol. The summed E-state index contributed by atoms with van der Waals surface area (Å²) in [4.78, 5) is 4.86. The molecule has 3 aromatic carbocycles. The Morgan fingerprint density at radius 2 is 1.71 bits per heavy atom. The van der Waals surface area contributed by atoms with E-state index in [1.54, 1.807) is 7.11 Å². The van der Waals surface area contributed by atoms with Crippen molar-refractivity contribution in [1.29, 1.82) is 0 Å². The van der Waals surface area contributed by atoms with Crippen molar-refractivity contribution in [2.45, 2.75) is 20.4 Å². The number of aryl methyl sites for hydroxylation is 2. The van der Waals surface area contributed by atoms with Crippen molar-refractivity contribution in [3.05, 3.63) is 77.9 Å². The van der Waals surface area contributed by atoms with Crippen LogP contribution in [0.25, 0.3) is 22.4 Å². The van der Waals surface area contributed by atoms with Crippen molar-refractivity contribution in [2.75, 3.05) is 13.7 Å². The quantitative estimate of drug-likeness (QED) is 0.454. The first-order chi connectivity index (χ1) is 13.7. The monoisotopic (exact) mass is 372 g/mol. The van der Waals surface area contributed by atoms with E-state index in [1.807, 2.05) is 42.5 Å². The number of para-hydroxylation sites is 2. The van der Waals surface area contributed by atoms with Crippen molar-refractivity contribution < 1.29 is 9.47 Å². The normalized spacial score (nSPS) is 11.0. The maximum atomic E-state index is 6.03. The zero-order chi connectivity index (χ0) is 19.5. The number of imidazole rings is 1. The number of aromatic nitrogens is 2. The van der Waals surface area contributed by atoms with E-state index in [0.717, 1.165) is 33.9 Å². The Hall–Kier alpha value is -3.27. The zero-order valence-corrected chi connectivity index (χ0v) is 16.5. The third-order valence-corrected chi connectivity index (χ3v) is 5.04. The zero-order valence-electron chi connectivity index (χ0n) is 16.5. The van der Waals surface area contributed by atoms with Gasteiger partial charge < -0.3 is 14.0 Å². The van der Waals surface area contributed by atoms with Gasteiger partial charge >= 0.3 is 0 Å². The average molecular weight is 372 g/mol. The van der Waals surface area contributed by atoms with Gasteiger partial charge in [-0.2, -0.15) is 0 Å². The highest BCUT2D eigenvalue weighted by Gasteiger charge is 2.13. The lowest BCUT2D eigenvalue weighted by atomic mass is 10.1. The molecule has 28 heavy (non-hydrogen) atoms. The molecule has 0 saturated carbocycles. The highest BCUT2D eigenvalue weighted by atomic mass is 16.5. The van der Waals surface area contributed by atoms with Crippen LogP contribution in [0.5, 0.6) is 11.5 Å². The molecule has 1 heterocycles. The molecule has 0 aliphatic carbocycles. The molecular formula is C24H24N2O2. The topological polar surface area (TPSA) is 36.3 Å². The van der Waals surface area contributed by atoms with E-state index in [4.69, 9.17) is 14.5 Å². The number of hydrogen-bond acceptors (Lipinski definition) is 3. The second kappa shape index (κ2) is 7.77. The Morgan fingerprint density at radius 1 is 0.857 bits per heavy atom. The molecule has 0 atom stereocenters. The number of methoxy groups -OCH3 is 1. The van der Waals surface area contributed by atoms with Crippen molar-refractivity contribution in [2.24, 2.45) is 0 Å². The second-order valence-electron chi connectivity index (χ2n) is 6.90. The maximum absolute atomic E-state index is 6.03. The number of nitrogens with zero attached hydrogens (tertiary/aromatic N) is 2. The van der Waals surface area contributed by atoms with Gasteiger partial charge in [0.15, 0.2) is 0 Å². The van der Waals surface area contributed by atoms with Crippen LogP contribution in [0.1, 0.15) is 11.1 Å². The lowest BCUT2D eigenvalue weighted by Gasteiger charge is -2.12. The summed E-state index contributed by atoms with van der Waals surface area (Å²) >= 11 is 0. The number of fused-ring (bicyclic) bond motifs is 1. The molecule has 0 spiro atoms. The lowest BCUT2D eigenvalue weighted by molar-refractivity contribution is 0.300. The molecule has 142 valence electrons. The van der Waals surface area contributed by atoms with E-state index in [9.17, 15) is 0 Å². The maximum Gasteiger partial charge on any atom is 0.141 e. The molecule has 0 amide bonds. The molecule has 0 aliphatic rings. The van der Waals surface area contributed by atoms with E-state index < -0.39 is 0 Å². The third-order valence-electron chi connectivity index (χ3n) is 5.04. The van der Waals surface area contributed by atoms with E-state index in [2.05, 4.69) is 42.7 Å². The summed E-state index contributed by atoms with van der Waals surface area (Å²) in [5.74, 6) is 2.64. The van der Waals surface area contributed by atoms with Gasteiger partial charge in [0.25, 0.3) is 0 Å². The van der Waals surface area contributed by atoms with Gasteiger partial charge in [-0.3, -0.25) is 0 Å². The van der Waals surface area contributed by atoms with E-state index in [-0.39, 0.29) is 0 Å². The first-order valence-electron chi connectivity index (χ1n) is 9.45. The fourth-order valence-electron chi connectivity index (χ4n) is 3.34. The molecule has 4 aromatic rings. The first kappa shape index (κ1) is 18.1. The Morgan fingerprint density at radius 3 is 2.54 bits per heavy atom. The van der Waals surface area contributed by atoms with Crippen LogP contribution >= 0.6 is 0 Å². The first-order valence-corrected chi connectivity index (χ1v) is 9.45. The van der Waals surface area contributed by atoms with Crippen LogP contribution in [0.15, 0.2) is 66.7 Å². The van der Waals surface area contributed by atoms with Gasteiger partial charge in [-0.25, -0.2) is 4.98 Å². The van der Waals surface area contributed by atoms with E-state index in [0.29, 0.717) is 13.2 Å². The molecule has 0 bridgehead atoms. The van der Waals surface area contributed by atoms with Crippen molar-refractivity contribution in [1.82, 2.24) is 9.55 Å². The largest absolute Gasteiger partial charge is 0.497 e. The standard InChI is InChI=1S/C24H24N2O2/c1-17-11-12-21(15-18(17)2)28-14-13-26-23-10-5-4-9-22(23)25-24(26)19-7-6-8-20(16-19)27-3/h4-12,15-16H,13-14H2,1-3H3. The average Bonchev–Trinajstić information content (AvgIpc) is 3.09. The van der Waals surface area contributed by atoms with Crippen LogP contribution in [0.4, 0.5) is 0 Å². The fraction of sp³-hybridized carbons (Fsp3) is 0.208. The molecule has 0 aliphatic heterocycles. The van der Waals surface area contributed by atoms with Crippen LogP contribution in [-0.2, 0) is 6.54 Å². The summed E-state index contributed by atoms with van der Waals surface area (Å²) in [6.45, 7) is 5.49. The molecule has 0 saturated heterocycles. The summed E-state index contributed by atoms with van der Waals surface area (Å²) in [7, 11) is 1.68. The summed E-state index contributed by atoms with van der Waals surface area (Å²) < 4.78 is 13.6. The summed E-state index contributed by atoms with van der Waals surface area (Å²) in [5, 5.41) is 0. The molecule has 4 heteroatoms. The van der Waals surface area contributed by atoms with E-state index in [1.165, 1.54) is 11.1 Å². The lowest BCUT2D eigenvalue weighted by Crippen LogP contribution is -2.09. The van der Waals surface area contributed by atoms with Gasteiger partial charge in [-0.1, -0.05) is 30.3 Å². The molecule has 0 radical (unpaired) electrons. The minimum absolute atomic E-state index is 0.569. The Balaban J connectivity index is 1.64. The molecule has 1 aromatic heterocycles. The van der Waals surface area contributed by atoms with Gasteiger partial charge in [-0.05, 0) is 61.4 Å². The highest BCUT2D eigenvalue weighted by molar-refractivity contribution is 5.80. The van der Waals surface area contributed by atoms with Crippen LogP contribution < -0.4 is 9.47 Å². The minimum atomic E-state index is 0.569. The third kappa shape index (κ3) is 3.58. The fourth-order valence-corrected chi connectivity index (χ4v) is 3.34. The van der Waals surface area contributed by atoms with Crippen LogP contribution in [0.2, 0.25) is 0 Å². The van der Waals surface area contributed by atoms with Gasteiger partial charge in [0, 0.05) is 5.56 Å². The van der Waals surface area contributed by atoms with Crippen molar-refractivity contribution in [3.63, 3.8) is 0 Å². The number of rotatable bonds is 6. The van der Waals surface area contributed by atoms with Gasteiger partial charge in [0.2, 0.25) is 0 Å². The number of ether oxygens (including phenoxy) is 2. The molecule has 0 N–H and O–H groups in total. The minimum Gasteiger partial charge on any atom is -0.497 e. The Kier molecular flexibility index (Phi) is 5.02. The SMILES string of the molecule is COc1cccc(-c2nc3ccccc3n2CCOc2ccc(C)c(C)c2)c1. The van der Waals surface area contributed by atoms with Gasteiger partial charge in [0.05, 0.1) is 24.7 Å². The van der Waals surface area contributed by atoms with Crippen molar-refractivity contribution in [3.8, 4) is 22.9 Å². The van der Waals surface area contributed by atoms with Crippen LogP contribution in [0.3, 0.4) is 0 Å². The van der Waals surface area contributed by atoms with Crippen molar-refractivity contribution >= 4 is 11.0 Å². The predicted octanol–water partition coefficient (Wildman–Crippen LogP) is 5.41. The molecule has 0 fully saturated rings. The smallest absolute Gasteiger partial charge is 0.141 e. The molecular weight excluding hydrogens is 348 g/mol. The van der Waals surface area contributed by atoms with Gasteiger partial charge in [0.1, 0.15) is 23.9 Å². The number of benzene rings is 3. The van der Waals surface area contributed by atoms with Crippen LogP contribution in [0, 0.1) is 13.8 Å². The highest BCUT2D eigenvalue weighted by Crippen LogP contribution is 2.27. The summed E-state index contributed by atoms with van der Waals surface area (Å²) in [5.41, 5.74) is 5.62. The Labute approximate surface area is 165 Å². The number of hydrogen-bond donors (Lipinski definition) is 0. The summed E-state index contributed by atoms with van der Waals surface area (Å²) in [6.07, 6.45) is 0. The van der Waals surface area contributed by atoms with Crippen LogP contribution in [-0.4, -0.2) is 23.3 Å². The summed E-state index contributed by atoms with van der Waals surface area (Å²) in [6, 6.07) is 22.4. The van der Waals surface area contributed by atoms with Gasteiger partial charge in [-0.15, -0.1) is 0 Å². The molecule has 0 unspecified atom stereocenters. The second-order valence-corrected chi connectivity index (χ2v) is 6.90. The Bertz CT molecular complexity index is 1110.